The maximum atomic E-state index is 2.54. The molecule has 5 aromatic rings. The Morgan fingerprint density at radius 1 is 0.489 bits per heavy atom. The minimum Gasteiger partial charge on any atom is -0.302 e. The maximum absolute atomic E-state index is 2.54. The van der Waals surface area contributed by atoms with Crippen molar-refractivity contribution in [2.75, 3.05) is 14.1 Å². The molecule has 4 heteroatoms. The van der Waals surface area contributed by atoms with Crippen molar-refractivity contribution in [3.05, 3.63) is 151 Å². The van der Waals surface area contributed by atoms with E-state index >= 15 is 0 Å². The van der Waals surface area contributed by atoms with Gasteiger partial charge in [-0.1, -0.05) is 178 Å². The molecule has 0 aromatic heterocycles. The zero-order valence-electron chi connectivity index (χ0n) is 27.9. The van der Waals surface area contributed by atoms with Crippen LogP contribution < -0.4 is 26.5 Å². The Hall–Kier alpha value is -2.56. The molecule has 0 bridgehead atoms. The quantitative estimate of drug-likeness (QED) is 0.110. The standard InChI is InChI=1S/C38H39NP2.C5H10.Fe/c1-39(2)38(36-27-16-28-37(36)41(33-22-11-5-12-23-33)34-24-13-6-14-25-34)30-17-15-26-35(29-30)40(31-18-7-3-8-19-31)32-20-9-4-10-21-32;1-2-4-5-3-1;/h3-15,17-26,29,36-38H,16,27-28H2,1-2H3;1-5H2;/t36?,37?,38-;;/m1../s1. The Bertz CT molecular complexity index is 1510. The van der Waals surface area contributed by atoms with Crippen LogP contribution in [-0.4, -0.2) is 24.7 Å². The zero-order valence-corrected chi connectivity index (χ0v) is 30.8. The van der Waals surface area contributed by atoms with Gasteiger partial charge in [-0.25, -0.2) is 0 Å². The molecule has 2 fully saturated rings. The second-order valence-corrected chi connectivity index (χ2v) is 17.6. The summed E-state index contributed by atoms with van der Waals surface area (Å²) in [6.07, 6.45) is 11.4. The van der Waals surface area contributed by atoms with Crippen molar-refractivity contribution in [2.45, 2.75) is 63.1 Å². The monoisotopic (exact) mass is 697 g/mol. The molecule has 0 spiro atoms. The summed E-state index contributed by atoms with van der Waals surface area (Å²) in [5, 5.41) is 7.26. The largest absolute Gasteiger partial charge is 0.302 e. The van der Waals surface area contributed by atoms with Crippen LogP contribution in [0.3, 0.4) is 0 Å². The van der Waals surface area contributed by atoms with Crippen LogP contribution in [-0.2, 0) is 17.1 Å². The van der Waals surface area contributed by atoms with Crippen LogP contribution in [0, 0.1) is 5.92 Å². The van der Waals surface area contributed by atoms with Crippen molar-refractivity contribution in [1.82, 2.24) is 4.90 Å². The normalized spacial score (nSPS) is 18.1. The first kappa shape index (κ1) is 35.7. The summed E-state index contributed by atoms with van der Waals surface area (Å²) in [6, 6.07) is 54.8. The van der Waals surface area contributed by atoms with Gasteiger partial charge in [0.25, 0.3) is 0 Å². The van der Waals surface area contributed by atoms with Gasteiger partial charge in [-0.3, -0.25) is 0 Å². The Morgan fingerprint density at radius 3 is 1.36 bits per heavy atom. The van der Waals surface area contributed by atoms with E-state index in [0.29, 0.717) is 17.6 Å². The van der Waals surface area contributed by atoms with Crippen molar-refractivity contribution in [1.29, 1.82) is 0 Å². The van der Waals surface area contributed by atoms with E-state index in [1.807, 2.05) is 0 Å². The summed E-state index contributed by atoms with van der Waals surface area (Å²) in [5.74, 6) is 0.603. The molecular weight excluding hydrogens is 648 g/mol. The molecule has 1 nitrogen and oxygen atoms in total. The molecule has 0 N–H and O–H groups in total. The van der Waals surface area contributed by atoms with Gasteiger partial charge < -0.3 is 4.90 Å². The third kappa shape index (κ3) is 9.12. The second kappa shape index (κ2) is 18.3. The molecule has 2 aliphatic rings. The first-order valence-corrected chi connectivity index (χ1v) is 20.0. The molecule has 47 heavy (non-hydrogen) atoms. The van der Waals surface area contributed by atoms with Gasteiger partial charge in [0.2, 0.25) is 0 Å². The first-order valence-electron chi connectivity index (χ1n) is 17.3. The minimum atomic E-state index is -0.629. The Morgan fingerprint density at radius 2 is 0.915 bits per heavy atom. The number of rotatable bonds is 9. The van der Waals surface area contributed by atoms with Gasteiger partial charge in [0, 0.05) is 23.1 Å². The van der Waals surface area contributed by atoms with Crippen molar-refractivity contribution in [3.63, 3.8) is 0 Å². The molecule has 7 rings (SSSR count). The van der Waals surface area contributed by atoms with E-state index in [1.54, 1.807) is 0 Å². The molecule has 2 saturated carbocycles. The predicted molar refractivity (Wildman–Crippen MR) is 205 cm³/mol. The van der Waals surface area contributed by atoms with Crippen LogP contribution in [0.4, 0.5) is 0 Å². The van der Waals surface area contributed by atoms with E-state index < -0.39 is 15.8 Å². The maximum Gasteiger partial charge on any atom is 0.0376 e. The van der Waals surface area contributed by atoms with Crippen LogP contribution >= 0.6 is 15.8 Å². The zero-order chi connectivity index (χ0) is 31.6. The van der Waals surface area contributed by atoms with Gasteiger partial charge >= 0.3 is 0 Å². The predicted octanol–water partition coefficient (Wildman–Crippen LogP) is 9.30. The van der Waals surface area contributed by atoms with Gasteiger partial charge in [-0.15, -0.1) is 0 Å². The van der Waals surface area contributed by atoms with Crippen LogP contribution in [0.25, 0.3) is 0 Å². The summed E-state index contributed by atoms with van der Waals surface area (Å²) < 4.78 is 0. The van der Waals surface area contributed by atoms with E-state index in [1.165, 1.54) is 83.5 Å². The summed E-state index contributed by atoms with van der Waals surface area (Å²) >= 11 is 0. The van der Waals surface area contributed by atoms with Crippen molar-refractivity contribution in [2.24, 2.45) is 5.92 Å². The fourth-order valence-electron chi connectivity index (χ4n) is 7.63. The van der Waals surface area contributed by atoms with Gasteiger partial charge in [-0.2, -0.15) is 0 Å². The fourth-order valence-corrected chi connectivity index (χ4v) is 13.2. The minimum absolute atomic E-state index is 0. The van der Waals surface area contributed by atoms with Crippen LogP contribution in [0.15, 0.2) is 146 Å². The number of hydrogen-bond donors (Lipinski definition) is 0. The molecular formula is C43H49FeNP2. The van der Waals surface area contributed by atoms with Crippen LogP contribution in [0.5, 0.6) is 0 Å². The Balaban J connectivity index is 0.000000662. The average molecular weight is 698 g/mol. The summed E-state index contributed by atoms with van der Waals surface area (Å²) in [6.45, 7) is 0. The van der Waals surface area contributed by atoms with E-state index in [4.69, 9.17) is 0 Å². The molecule has 0 heterocycles. The van der Waals surface area contributed by atoms with Gasteiger partial charge in [0.05, 0.1) is 0 Å². The smallest absolute Gasteiger partial charge is 0.0376 e. The molecule has 0 radical (unpaired) electrons. The molecule has 0 aliphatic heterocycles. The van der Waals surface area contributed by atoms with Crippen LogP contribution in [0.1, 0.15) is 63.0 Å². The Labute approximate surface area is 297 Å². The molecule has 5 aromatic carbocycles. The third-order valence-electron chi connectivity index (χ3n) is 9.64. The van der Waals surface area contributed by atoms with Gasteiger partial charge in [0.1, 0.15) is 0 Å². The van der Waals surface area contributed by atoms with Crippen molar-refractivity contribution >= 4 is 42.4 Å². The molecule has 0 amide bonds. The van der Waals surface area contributed by atoms with E-state index in [2.05, 4.69) is 165 Å². The molecule has 2 unspecified atom stereocenters. The molecule has 0 saturated heterocycles. The number of nitrogens with zero attached hydrogens (tertiary/aromatic N) is 1. The SMILES string of the molecule is C1CCCC1.CN(C)[C@H](c1cccc(P(c2ccccc2)c2ccccc2)c1)C1CCCC1P(c1ccccc1)c1ccccc1.[Fe]. The summed E-state index contributed by atoms with van der Waals surface area (Å²) in [5.41, 5.74) is 2.11. The van der Waals surface area contributed by atoms with Gasteiger partial charge in [0.15, 0.2) is 0 Å². The number of hydrogen-bond acceptors (Lipinski definition) is 1. The number of benzene rings is 5. The molecule has 244 valence electrons. The third-order valence-corrected chi connectivity index (χ3v) is 15.1. The first-order chi connectivity index (χ1) is 22.7. The van der Waals surface area contributed by atoms with E-state index in [-0.39, 0.29) is 17.1 Å². The molecule has 3 atom stereocenters. The topological polar surface area (TPSA) is 3.24 Å². The Kier molecular flexibility index (Phi) is 13.9. The van der Waals surface area contributed by atoms with Crippen LogP contribution in [0.2, 0.25) is 0 Å². The van der Waals surface area contributed by atoms with Crippen molar-refractivity contribution < 1.29 is 17.1 Å². The molecule has 2 aliphatic carbocycles. The fraction of sp³-hybridized carbons (Fsp3) is 0.302. The van der Waals surface area contributed by atoms with E-state index in [0.717, 1.165) is 0 Å². The van der Waals surface area contributed by atoms with Gasteiger partial charge in [-0.05, 0) is 92.5 Å². The summed E-state index contributed by atoms with van der Waals surface area (Å²) in [4.78, 5) is 2.50. The second-order valence-electron chi connectivity index (χ2n) is 13.0. The van der Waals surface area contributed by atoms with Crippen molar-refractivity contribution in [3.8, 4) is 0 Å². The van der Waals surface area contributed by atoms with E-state index in [9.17, 15) is 0 Å². The summed E-state index contributed by atoms with van der Waals surface area (Å²) in [7, 11) is 3.50. The average Bonchev–Trinajstić information content (AvgIpc) is 3.84.